The average molecular weight is 972 g/mol. The molecule has 0 aliphatic heterocycles. The first-order chi connectivity index (χ1) is 34.1. The van der Waals surface area contributed by atoms with Crippen molar-refractivity contribution in [2.45, 2.75) is 360 Å². The summed E-state index contributed by atoms with van der Waals surface area (Å²) in [6, 6.07) is 0. The number of carbonyl (C=O) groups excluding carboxylic acids is 2. The molecule has 0 radical (unpaired) electrons. The summed E-state index contributed by atoms with van der Waals surface area (Å²) >= 11 is 0. The molecular formula is C64H122O5. The fraction of sp³-hybridized carbons (Fsp3) is 0.906. The van der Waals surface area contributed by atoms with E-state index in [1.807, 2.05) is 0 Å². The van der Waals surface area contributed by atoms with Gasteiger partial charge < -0.3 is 14.6 Å². The standard InChI is InChI=1S/C64H122O5/c1-3-5-7-9-11-13-15-17-19-21-23-25-26-27-28-29-30-31-32-33-34-35-36-37-39-40-42-44-46-48-50-52-54-56-58-63(66)68-61-62(60-65)69-64(67)59-57-55-53-51-49-47-45-43-41-38-24-22-20-18-16-14-12-10-8-6-4-2/h16,18,22,24,62,65H,3-15,17,19-21,23,25-61H2,1-2H3/b18-16-,24-22-. The summed E-state index contributed by atoms with van der Waals surface area (Å²) in [5.41, 5.74) is 0. The first-order valence-corrected chi connectivity index (χ1v) is 31.4. The van der Waals surface area contributed by atoms with Gasteiger partial charge in [0, 0.05) is 12.8 Å². The zero-order valence-electron chi connectivity index (χ0n) is 46.9. The molecule has 5 nitrogen and oxygen atoms in total. The largest absolute Gasteiger partial charge is 0.462 e. The first kappa shape index (κ1) is 67.4. The predicted octanol–water partition coefficient (Wildman–Crippen LogP) is 21.3. The highest BCUT2D eigenvalue weighted by Gasteiger charge is 2.16. The Hall–Kier alpha value is -1.62. The number of aliphatic hydroxyl groups excluding tert-OH is 1. The smallest absolute Gasteiger partial charge is 0.306 e. The van der Waals surface area contributed by atoms with Gasteiger partial charge in [0.25, 0.3) is 0 Å². The molecule has 1 N–H and O–H groups in total. The van der Waals surface area contributed by atoms with Gasteiger partial charge in [-0.05, 0) is 44.9 Å². The molecule has 0 aliphatic rings. The summed E-state index contributed by atoms with van der Waals surface area (Å²) in [5.74, 6) is -0.575. The fourth-order valence-electron chi connectivity index (χ4n) is 9.77. The number of allylic oxidation sites excluding steroid dienone is 4. The lowest BCUT2D eigenvalue weighted by Gasteiger charge is -2.15. The first-order valence-electron chi connectivity index (χ1n) is 31.4. The van der Waals surface area contributed by atoms with Crippen LogP contribution in [0.3, 0.4) is 0 Å². The molecule has 0 spiro atoms. The Balaban J connectivity index is 3.38. The van der Waals surface area contributed by atoms with Crippen LogP contribution in [-0.2, 0) is 19.1 Å². The summed E-state index contributed by atoms with van der Waals surface area (Å²) in [6.07, 6.45) is 77.6. The minimum absolute atomic E-state index is 0.0618. The lowest BCUT2D eigenvalue weighted by atomic mass is 10.0. The molecule has 0 heterocycles. The number of rotatable bonds is 59. The van der Waals surface area contributed by atoms with Crippen molar-refractivity contribution in [1.29, 1.82) is 0 Å². The van der Waals surface area contributed by atoms with Gasteiger partial charge in [0.15, 0.2) is 6.10 Å². The summed E-state index contributed by atoms with van der Waals surface area (Å²) in [4.78, 5) is 24.6. The van der Waals surface area contributed by atoms with E-state index in [9.17, 15) is 14.7 Å². The van der Waals surface area contributed by atoms with Crippen molar-refractivity contribution < 1.29 is 24.2 Å². The van der Waals surface area contributed by atoms with Gasteiger partial charge in [0.1, 0.15) is 6.61 Å². The molecule has 0 aromatic heterocycles. The quantitative estimate of drug-likeness (QED) is 0.0373. The Bertz CT molecular complexity index is 1050. The van der Waals surface area contributed by atoms with Gasteiger partial charge in [-0.25, -0.2) is 0 Å². The van der Waals surface area contributed by atoms with Crippen molar-refractivity contribution >= 4 is 11.9 Å². The molecule has 0 saturated heterocycles. The second kappa shape index (κ2) is 60.7. The molecule has 408 valence electrons. The van der Waals surface area contributed by atoms with Gasteiger partial charge in [-0.15, -0.1) is 0 Å². The summed E-state index contributed by atoms with van der Waals surface area (Å²) in [6.45, 7) is 4.18. The molecule has 0 aromatic rings. The van der Waals surface area contributed by atoms with Crippen molar-refractivity contribution in [3.05, 3.63) is 24.3 Å². The van der Waals surface area contributed by atoms with Gasteiger partial charge in [0.2, 0.25) is 0 Å². The second-order valence-corrected chi connectivity index (χ2v) is 21.5. The lowest BCUT2D eigenvalue weighted by Crippen LogP contribution is -2.28. The molecule has 0 rings (SSSR count). The van der Waals surface area contributed by atoms with Crippen LogP contribution >= 0.6 is 0 Å². The van der Waals surface area contributed by atoms with Crippen molar-refractivity contribution in [3.63, 3.8) is 0 Å². The number of aliphatic hydroxyl groups is 1. The highest BCUT2D eigenvalue weighted by Crippen LogP contribution is 2.18. The summed E-state index contributed by atoms with van der Waals surface area (Å²) < 4.78 is 10.7. The zero-order valence-corrected chi connectivity index (χ0v) is 46.9. The normalized spacial score (nSPS) is 12.2. The molecule has 0 bridgehead atoms. The molecule has 0 aliphatic carbocycles. The Morgan fingerprint density at radius 3 is 0.855 bits per heavy atom. The maximum atomic E-state index is 12.3. The second-order valence-electron chi connectivity index (χ2n) is 21.5. The van der Waals surface area contributed by atoms with Crippen LogP contribution in [0.1, 0.15) is 354 Å². The highest BCUT2D eigenvalue weighted by molar-refractivity contribution is 5.70. The fourth-order valence-corrected chi connectivity index (χ4v) is 9.77. The van der Waals surface area contributed by atoms with Crippen LogP contribution in [0.25, 0.3) is 0 Å². The van der Waals surface area contributed by atoms with E-state index < -0.39 is 6.10 Å². The van der Waals surface area contributed by atoms with E-state index in [2.05, 4.69) is 38.2 Å². The number of unbranched alkanes of at least 4 members (excludes halogenated alkanes) is 47. The Labute approximate surface area is 432 Å². The third-order valence-electron chi connectivity index (χ3n) is 14.5. The van der Waals surface area contributed by atoms with Crippen LogP contribution in [0.15, 0.2) is 24.3 Å². The van der Waals surface area contributed by atoms with E-state index in [4.69, 9.17) is 9.47 Å². The molecule has 69 heavy (non-hydrogen) atoms. The maximum absolute atomic E-state index is 12.3. The Kier molecular flexibility index (Phi) is 59.3. The minimum Gasteiger partial charge on any atom is -0.462 e. The van der Waals surface area contributed by atoms with Crippen molar-refractivity contribution in [2.75, 3.05) is 13.2 Å². The SMILES string of the molecule is CCCCCCC/C=C\C/C=C\CCCCCCCCCCCC(=O)OC(CO)COC(=O)CCCCCCCCCCCCCCCCCCCCCCCCCCCCCCCCCCCC. The van der Waals surface area contributed by atoms with Gasteiger partial charge in [-0.3, -0.25) is 9.59 Å². The van der Waals surface area contributed by atoms with Crippen molar-refractivity contribution in [2.24, 2.45) is 0 Å². The highest BCUT2D eigenvalue weighted by atomic mass is 16.6. The topological polar surface area (TPSA) is 72.8 Å². The van der Waals surface area contributed by atoms with Crippen LogP contribution in [-0.4, -0.2) is 36.4 Å². The number of esters is 2. The molecule has 1 unspecified atom stereocenters. The van der Waals surface area contributed by atoms with Gasteiger partial charge in [-0.2, -0.15) is 0 Å². The van der Waals surface area contributed by atoms with E-state index >= 15 is 0 Å². The molecule has 0 aromatic carbocycles. The van der Waals surface area contributed by atoms with E-state index in [0.29, 0.717) is 12.8 Å². The van der Waals surface area contributed by atoms with Crippen LogP contribution < -0.4 is 0 Å². The van der Waals surface area contributed by atoms with Gasteiger partial charge in [0.05, 0.1) is 6.61 Å². The Morgan fingerprint density at radius 2 is 0.580 bits per heavy atom. The van der Waals surface area contributed by atoms with E-state index in [-0.39, 0.29) is 25.2 Å². The average Bonchev–Trinajstić information content (AvgIpc) is 3.35. The molecular weight excluding hydrogens is 849 g/mol. The predicted molar refractivity (Wildman–Crippen MR) is 302 cm³/mol. The third kappa shape index (κ3) is 58.8. The van der Waals surface area contributed by atoms with E-state index in [1.54, 1.807) is 0 Å². The number of hydrogen-bond acceptors (Lipinski definition) is 5. The lowest BCUT2D eigenvalue weighted by molar-refractivity contribution is -0.161. The Morgan fingerprint density at radius 1 is 0.333 bits per heavy atom. The molecule has 5 heteroatoms. The molecule has 1 atom stereocenters. The van der Waals surface area contributed by atoms with Crippen molar-refractivity contribution in [3.8, 4) is 0 Å². The number of carbonyl (C=O) groups is 2. The summed E-state index contributed by atoms with van der Waals surface area (Å²) in [7, 11) is 0. The van der Waals surface area contributed by atoms with Crippen LogP contribution in [0.4, 0.5) is 0 Å². The number of hydrogen-bond donors (Lipinski definition) is 1. The minimum atomic E-state index is -0.772. The van der Waals surface area contributed by atoms with Gasteiger partial charge >= 0.3 is 11.9 Å². The monoisotopic (exact) mass is 971 g/mol. The van der Waals surface area contributed by atoms with E-state index in [1.165, 1.54) is 289 Å². The van der Waals surface area contributed by atoms with E-state index in [0.717, 1.165) is 38.5 Å². The summed E-state index contributed by atoms with van der Waals surface area (Å²) in [5, 5.41) is 9.66. The maximum Gasteiger partial charge on any atom is 0.306 e. The number of ether oxygens (including phenoxy) is 2. The van der Waals surface area contributed by atoms with Crippen LogP contribution in [0, 0.1) is 0 Å². The molecule has 0 amide bonds. The van der Waals surface area contributed by atoms with Crippen molar-refractivity contribution in [1.82, 2.24) is 0 Å². The molecule has 0 saturated carbocycles. The van der Waals surface area contributed by atoms with Crippen LogP contribution in [0.2, 0.25) is 0 Å². The van der Waals surface area contributed by atoms with Crippen LogP contribution in [0.5, 0.6) is 0 Å². The molecule has 0 fully saturated rings. The third-order valence-corrected chi connectivity index (χ3v) is 14.5. The van der Waals surface area contributed by atoms with Gasteiger partial charge in [-0.1, -0.05) is 321 Å². The zero-order chi connectivity index (χ0) is 49.9.